The van der Waals surface area contributed by atoms with Gasteiger partial charge in [0.2, 0.25) is 0 Å². The van der Waals surface area contributed by atoms with Gasteiger partial charge in [-0.25, -0.2) is 4.99 Å². The molecule has 1 saturated carbocycles. The molecule has 6 nitrogen and oxygen atoms in total. The summed E-state index contributed by atoms with van der Waals surface area (Å²) in [5.41, 5.74) is -1.12. The predicted octanol–water partition coefficient (Wildman–Crippen LogP) is 3.40. The van der Waals surface area contributed by atoms with Gasteiger partial charge in [0.15, 0.2) is 5.96 Å². The van der Waals surface area contributed by atoms with Crippen LogP contribution in [0.2, 0.25) is 0 Å². The van der Waals surface area contributed by atoms with Crippen LogP contribution in [0.1, 0.15) is 58.1 Å². The van der Waals surface area contributed by atoms with Crippen LogP contribution in [-0.2, 0) is 10.3 Å². The number of hydrogen-bond donors (Lipinski definition) is 3. The normalized spacial score (nSPS) is 18.0. The second-order valence-corrected chi connectivity index (χ2v) is 6.86. The SMILES string of the molecule is CCNC(=NCC(C)(O)c1ccco1)NCCCOC1CCCCC1.I. The number of guanidine groups is 1. The third-order valence-corrected chi connectivity index (χ3v) is 4.46. The monoisotopic (exact) mass is 479 g/mol. The zero-order valence-corrected chi connectivity index (χ0v) is 18.3. The molecule has 0 bridgehead atoms. The van der Waals surface area contributed by atoms with Crippen molar-refractivity contribution in [1.82, 2.24) is 10.6 Å². The lowest BCUT2D eigenvalue weighted by atomic mass is 9.98. The van der Waals surface area contributed by atoms with E-state index in [-0.39, 0.29) is 30.5 Å². The lowest BCUT2D eigenvalue weighted by Crippen LogP contribution is -2.39. The maximum absolute atomic E-state index is 10.5. The van der Waals surface area contributed by atoms with Crippen LogP contribution in [0.4, 0.5) is 0 Å². The number of ether oxygens (including phenoxy) is 1. The van der Waals surface area contributed by atoms with Crippen molar-refractivity contribution in [3.8, 4) is 0 Å². The second-order valence-electron chi connectivity index (χ2n) is 6.86. The largest absolute Gasteiger partial charge is 0.466 e. The highest BCUT2D eigenvalue weighted by Gasteiger charge is 2.26. The van der Waals surface area contributed by atoms with Gasteiger partial charge in [0, 0.05) is 19.7 Å². The summed E-state index contributed by atoms with van der Waals surface area (Å²) < 4.78 is 11.2. The Morgan fingerprint density at radius 3 is 2.77 bits per heavy atom. The number of nitrogens with one attached hydrogen (secondary N) is 2. The highest BCUT2D eigenvalue weighted by molar-refractivity contribution is 14.0. The van der Waals surface area contributed by atoms with Crippen LogP contribution in [0.25, 0.3) is 0 Å². The predicted molar refractivity (Wildman–Crippen MR) is 115 cm³/mol. The summed E-state index contributed by atoms with van der Waals surface area (Å²) in [4.78, 5) is 4.47. The molecule has 0 spiro atoms. The first-order chi connectivity index (χ1) is 12.1. The first-order valence-electron chi connectivity index (χ1n) is 9.52. The molecule has 3 N–H and O–H groups in total. The van der Waals surface area contributed by atoms with Crippen LogP contribution in [0, 0.1) is 0 Å². The van der Waals surface area contributed by atoms with Crippen molar-refractivity contribution in [3.05, 3.63) is 24.2 Å². The summed E-state index contributed by atoms with van der Waals surface area (Å²) in [7, 11) is 0. The molecule has 150 valence electrons. The number of nitrogens with zero attached hydrogens (tertiary/aromatic N) is 1. The van der Waals surface area contributed by atoms with Crippen molar-refractivity contribution in [3.63, 3.8) is 0 Å². The zero-order chi connectivity index (χ0) is 18.0. The molecule has 1 heterocycles. The van der Waals surface area contributed by atoms with E-state index < -0.39 is 5.60 Å². The Labute approximate surface area is 174 Å². The number of aliphatic hydroxyl groups is 1. The minimum Gasteiger partial charge on any atom is -0.466 e. The van der Waals surface area contributed by atoms with E-state index in [1.54, 1.807) is 25.3 Å². The van der Waals surface area contributed by atoms with E-state index in [2.05, 4.69) is 15.6 Å². The fourth-order valence-corrected chi connectivity index (χ4v) is 3.00. The first-order valence-corrected chi connectivity index (χ1v) is 9.52. The van der Waals surface area contributed by atoms with Gasteiger partial charge in [0.25, 0.3) is 0 Å². The van der Waals surface area contributed by atoms with Crippen LogP contribution in [0.15, 0.2) is 27.8 Å². The molecular formula is C19H34IN3O3. The van der Waals surface area contributed by atoms with Gasteiger partial charge in [-0.05, 0) is 45.2 Å². The minimum absolute atomic E-state index is 0. The Morgan fingerprint density at radius 2 is 2.12 bits per heavy atom. The Balaban J connectivity index is 0.00000338. The summed E-state index contributed by atoms with van der Waals surface area (Å²) in [5.74, 6) is 1.22. The van der Waals surface area contributed by atoms with Gasteiger partial charge in [0.1, 0.15) is 11.4 Å². The highest BCUT2D eigenvalue weighted by Crippen LogP contribution is 2.21. The highest BCUT2D eigenvalue weighted by atomic mass is 127. The molecule has 0 amide bonds. The van der Waals surface area contributed by atoms with E-state index in [0.717, 1.165) is 26.1 Å². The third-order valence-electron chi connectivity index (χ3n) is 4.46. The molecule has 0 aromatic carbocycles. The smallest absolute Gasteiger partial charge is 0.191 e. The second kappa shape index (κ2) is 12.6. The molecule has 1 unspecified atom stereocenters. The lowest BCUT2D eigenvalue weighted by Gasteiger charge is -2.22. The van der Waals surface area contributed by atoms with Crippen LogP contribution >= 0.6 is 24.0 Å². The van der Waals surface area contributed by atoms with Gasteiger partial charge in [-0.15, -0.1) is 24.0 Å². The van der Waals surface area contributed by atoms with Crippen molar-refractivity contribution < 1.29 is 14.3 Å². The molecule has 1 fully saturated rings. The topological polar surface area (TPSA) is 79.0 Å². The summed E-state index contributed by atoms with van der Waals surface area (Å²) in [6.45, 7) is 6.30. The number of hydrogen-bond acceptors (Lipinski definition) is 4. The molecule has 1 aromatic heterocycles. The standard InChI is InChI=1S/C19H33N3O3.HI/c1-3-20-18(22-15-19(2,23)17-11-7-13-25-17)21-12-8-14-24-16-9-5-4-6-10-16;/h7,11,13,16,23H,3-6,8-10,12,14-15H2,1-2H3,(H2,20,21,22);1H. The van der Waals surface area contributed by atoms with E-state index in [1.807, 2.05) is 6.92 Å². The quantitative estimate of drug-likeness (QED) is 0.219. The van der Waals surface area contributed by atoms with Gasteiger partial charge < -0.3 is 24.9 Å². The third kappa shape index (κ3) is 8.26. The average Bonchev–Trinajstić information content (AvgIpc) is 3.16. The summed E-state index contributed by atoms with van der Waals surface area (Å²) >= 11 is 0. The van der Waals surface area contributed by atoms with Gasteiger partial charge >= 0.3 is 0 Å². The summed E-state index contributed by atoms with van der Waals surface area (Å²) in [6.07, 6.45) is 9.33. The van der Waals surface area contributed by atoms with Gasteiger partial charge in [-0.3, -0.25) is 0 Å². The van der Waals surface area contributed by atoms with Crippen molar-refractivity contribution in [2.24, 2.45) is 4.99 Å². The van der Waals surface area contributed by atoms with Crippen LogP contribution in [0.5, 0.6) is 0 Å². The Morgan fingerprint density at radius 1 is 1.35 bits per heavy atom. The molecule has 7 heteroatoms. The van der Waals surface area contributed by atoms with Crippen LogP contribution < -0.4 is 10.6 Å². The fourth-order valence-electron chi connectivity index (χ4n) is 3.00. The Hall–Kier alpha value is -0.800. The van der Waals surface area contributed by atoms with E-state index in [1.165, 1.54) is 32.1 Å². The Kier molecular flexibility index (Phi) is 11.2. The van der Waals surface area contributed by atoms with Crippen molar-refractivity contribution in [1.29, 1.82) is 0 Å². The van der Waals surface area contributed by atoms with E-state index >= 15 is 0 Å². The van der Waals surface area contributed by atoms with E-state index in [0.29, 0.717) is 17.8 Å². The number of aliphatic imine (C=N–C) groups is 1. The Bertz CT molecular complexity index is 500. The van der Waals surface area contributed by atoms with E-state index in [4.69, 9.17) is 9.15 Å². The molecule has 2 rings (SSSR count). The fraction of sp³-hybridized carbons (Fsp3) is 0.737. The number of rotatable bonds is 9. The maximum atomic E-state index is 10.5. The van der Waals surface area contributed by atoms with Gasteiger partial charge in [-0.2, -0.15) is 0 Å². The van der Waals surface area contributed by atoms with Crippen LogP contribution in [0.3, 0.4) is 0 Å². The maximum Gasteiger partial charge on any atom is 0.191 e. The summed E-state index contributed by atoms with van der Waals surface area (Å²) in [5, 5.41) is 17.0. The average molecular weight is 479 g/mol. The molecule has 1 aliphatic rings. The minimum atomic E-state index is -1.12. The molecule has 1 aromatic rings. The molecule has 1 atom stereocenters. The first kappa shape index (κ1) is 23.2. The molecule has 0 aliphatic heterocycles. The molecule has 1 aliphatic carbocycles. The van der Waals surface area contributed by atoms with Crippen molar-refractivity contribution >= 4 is 29.9 Å². The molecule has 0 saturated heterocycles. The molecule has 26 heavy (non-hydrogen) atoms. The van der Waals surface area contributed by atoms with Crippen molar-refractivity contribution in [2.45, 2.75) is 64.1 Å². The van der Waals surface area contributed by atoms with Gasteiger partial charge in [-0.1, -0.05) is 19.3 Å². The molecular weight excluding hydrogens is 445 g/mol. The number of halogens is 1. The van der Waals surface area contributed by atoms with Gasteiger partial charge in [0.05, 0.1) is 18.9 Å². The summed E-state index contributed by atoms with van der Waals surface area (Å²) in [6, 6.07) is 3.53. The van der Waals surface area contributed by atoms with Crippen molar-refractivity contribution in [2.75, 3.05) is 26.2 Å². The van der Waals surface area contributed by atoms with Crippen LogP contribution in [-0.4, -0.2) is 43.4 Å². The number of furan rings is 1. The van der Waals surface area contributed by atoms with E-state index in [9.17, 15) is 5.11 Å². The lowest BCUT2D eigenvalue weighted by molar-refractivity contribution is 0.0276. The zero-order valence-electron chi connectivity index (χ0n) is 16.0. The molecule has 0 radical (unpaired) electrons.